The molecule has 2 atom stereocenters. The minimum atomic E-state index is -0.585. The van der Waals surface area contributed by atoms with Crippen molar-refractivity contribution < 1.29 is 19.1 Å². The van der Waals surface area contributed by atoms with Crippen molar-refractivity contribution in [2.45, 2.75) is 117 Å². The highest BCUT2D eigenvalue weighted by atomic mass is 32.1. The molecule has 178 valence electrons. The number of esters is 1. The number of nitrogens with one attached hydrogen (secondary N) is 1. The molecule has 0 bridgehead atoms. The molecule has 0 radical (unpaired) electrons. The van der Waals surface area contributed by atoms with Gasteiger partial charge >= 0.3 is 12.1 Å². The summed E-state index contributed by atoms with van der Waals surface area (Å²) in [5.74, 6) is 0.322. The van der Waals surface area contributed by atoms with E-state index >= 15 is 0 Å². The first-order chi connectivity index (χ1) is 14.6. The Hall–Kier alpha value is -1.56. The molecule has 1 rings (SSSR count). The molecule has 2 unspecified atom stereocenters. The van der Waals surface area contributed by atoms with Crippen LogP contribution in [0.4, 0.5) is 9.80 Å². The number of anilines is 1. The van der Waals surface area contributed by atoms with Crippen LogP contribution < -0.4 is 5.32 Å². The summed E-state index contributed by atoms with van der Waals surface area (Å²) in [6.07, 6.45) is 11.7. The highest BCUT2D eigenvalue weighted by Gasteiger charge is 2.22. The lowest BCUT2D eigenvalue weighted by Gasteiger charge is -2.19. The maximum Gasteiger partial charge on any atom is 0.412 e. The summed E-state index contributed by atoms with van der Waals surface area (Å²) >= 11 is 1.28. The molecule has 31 heavy (non-hydrogen) atoms. The molecule has 0 aliphatic carbocycles. The van der Waals surface area contributed by atoms with Crippen molar-refractivity contribution in [1.82, 2.24) is 0 Å². The third-order valence-electron chi connectivity index (χ3n) is 5.17. The standard InChI is InChI=1S/C25H43NO4S/c1-7-8-9-10-11-14-19(2)15-12-13-16-20(3)29-24(28)26-22-21(17-18-31-22)23(27)30-25(4,5)6/h17-20H,7-16H2,1-6H3,(H,26,28). The Bertz CT molecular complexity index is 650. The number of hydrogen-bond acceptors (Lipinski definition) is 5. The Morgan fingerprint density at radius 2 is 1.61 bits per heavy atom. The summed E-state index contributed by atoms with van der Waals surface area (Å²) in [4.78, 5) is 24.5. The Labute approximate surface area is 193 Å². The molecule has 0 saturated heterocycles. The molecule has 6 heteroatoms. The molecular formula is C25H43NO4S. The zero-order chi connectivity index (χ0) is 23.3. The average Bonchev–Trinajstić information content (AvgIpc) is 3.11. The quantitative estimate of drug-likeness (QED) is 0.228. The largest absolute Gasteiger partial charge is 0.456 e. The number of hydrogen-bond donors (Lipinski definition) is 1. The van der Waals surface area contributed by atoms with Gasteiger partial charge in [-0.1, -0.05) is 65.2 Å². The molecule has 1 aromatic heterocycles. The highest BCUT2D eigenvalue weighted by Crippen LogP contribution is 2.26. The van der Waals surface area contributed by atoms with Gasteiger partial charge in [-0.25, -0.2) is 9.59 Å². The highest BCUT2D eigenvalue weighted by molar-refractivity contribution is 7.14. The first-order valence-electron chi connectivity index (χ1n) is 11.9. The Balaban J connectivity index is 2.26. The van der Waals surface area contributed by atoms with Gasteiger partial charge < -0.3 is 9.47 Å². The summed E-state index contributed by atoms with van der Waals surface area (Å²) in [5.41, 5.74) is -0.231. The third kappa shape index (κ3) is 12.8. The van der Waals surface area contributed by atoms with Crippen LogP contribution in [0.15, 0.2) is 11.4 Å². The van der Waals surface area contributed by atoms with Gasteiger partial charge in [-0.3, -0.25) is 5.32 Å². The Morgan fingerprint density at radius 1 is 1.00 bits per heavy atom. The van der Waals surface area contributed by atoms with E-state index in [-0.39, 0.29) is 6.10 Å². The van der Waals surface area contributed by atoms with Crippen molar-refractivity contribution in [1.29, 1.82) is 0 Å². The predicted molar refractivity (Wildman–Crippen MR) is 130 cm³/mol. The first-order valence-corrected chi connectivity index (χ1v) is 12.8. The lowest BCUT2D eigenvalue weighted by molar-refractivity contribution is 0.00713. The molecule has 0 aliphatic heterocycles. The number of ether oxygens (including phenoxy) is 2. The van der Waals surface area contributed by atoms with E-state index < -0.39 is 17.7 Å². The van der Waals surface area contributed by atoms with Gasteiger partial charge in [0.15, 0.2) is 0 Å². The van der Waals surface area contributed by atoms with E-state index in [1.165, 1.54) is 62.7 Å². The molecule has 1 amide bonds. The smallest absolute Gasteiger partial charge is 0.412 e. The first kappa shape index (κ1) is 27.5. The second-order valence-electron chi connectivity index (χ2n) is 9.60. The molecule has 0 spiro atoms. The molecule has 0 saturated carbocycles. The number of unbranched alkanes of at least 4 members (excludes halogenated alkanes) is 5. The summed E-state index contributed by atoms with van der Waals surface area (Å²) in [5, 5.41) is 4.90. The van der Waals surface area contributed by atoms with Crippen molar-refractivity contribution in [3.05, 3.63) is 17.0 Å². The van der Waals surface area contributed by atoms with Gasteiger partial charge in [0, 0.05) is 0 Å². The van der Waals surface area contributed by atoms with Crippen LogP contribution in [0.25, 0.3) is 0 Å². The van der Waals surface area contributed by atoms with Crippen molar-refractivity contribution in [3.63, 3.8) is 0 Å². The van der Waals surface area contributed by atoms with E-state index in [2.05, 4.69) is 19.2 Å². The Kier molecular flexibility index (Phi) is 12.8. The normalized spacial score (nSPS) is 13.5. The van der Waals surface area contributed by atoms with Crippen LogP contribution in [-0.2, 0) is 9.47 Å². The fraction of sp³-hybridized carbons (Fsp3) is 0.760. The monoisotopic (exact) mass is 453 g/mol. The van der Waals surface area contributed by atoms with E-state index in [0.717, 1.165) is 18.8 Å². The molecule has 0 aromatic carbocycles. The maximum absolute atomic E-state index is 12.3. The maximum atomic E-state index is 12.3. The SMILES string of the molecule is CCCCCCCC(C)CCCCC(C)OC(=O)Nc1sccc1C(=O)OC(C)(C)C. The molecule has 1 N–H and O–H groups in total. The number of thiophene rings is 1. The van der Waals surface area contributed by atoms with Gasteiger partial charge in [-0.2, -0.15) is 0 Å². The lowest BCUT2D eigenvalue weighted by atomic mass is 9.96. The Morgan fingerprint density at radius 3 is 2.26 bits per heavy atom. The lowest BCUT2D eigenvalue weighted by Crippen LogP contribution is -2.25. The van der Waals surface area contributed by atoms with Gasteiger partial charge in [0.05, 0.1) is 5.56 Å². The van der Waals surface area contributed by atoms with Crippen LogP contribution in [0.2, 0.25) is 0 Å². The van der Waals surface area contributed by atoms with Crippen molar-refractivity contribution >= 4 is 28.4 Å². The summed E-state index contributed by atoms with van der Waals surface area (Å²) in [6.45, 7) is 12.0. The fourth-order valence-electron chi connectivity index (χ4n) is 3.43. The summed E-state index contributed by atoms with van der Waals surface area (Å²) < 4.78 is 10.9. The molecule has 1 aromatic rings. The van der Waals surface area contributed by atoms with Gasteiger partial charge in [0.25, 0.3) is 0 Å². The van der Waals surface area contributed by atoms with Crippen molar-refractivity contribution in [2.24, 2.45) is 5.92 Å². The number of carbonyl (C=O) groups is 2. The molecular weight excluding hydrogens is 410 g/mol. The second kappa shape index (κ2) is 14.5. The fourth-order valence-corrected chi connectivity index (χ4v) is 4.19. The molecule has 5 nitrogen and oxygen atoms in total. The van der Waals surface area contributed by atoms with Crippen LogP contribution >= 0.6 is 11.3 Å². The van der Waals surface area contributed by atoms with E-state index in [1.807, 2.05) is 27.7 Å². The molecule has 0 aliphatic rings. The molecule has 0 fully saturated rings. The van der Waals surface area contributed by atoms with Gasteiger partial charge in [-0.05, 0) is 57.9 Å². The van der Waals surface area contributed by atoms with Crippen LogP contribution in [0.5, 0.6) is 0 Å². The van der Waals surface area contributed by atoms with Gasteiger partial charge in [-0.15, -0.1) is 11.3 Å². The summed E-state index contributed by atoms with van der Waals surface area (Å²) in [6, 6.07) is 1.66. The van der Waals surface area contributed by atoms with E-state index in [0.29, 0.717) is 10.6 Å². The molecule has 1 heterocycles. The van der Waals surface area contributed by atoms with E-state index in [1.54, 1.807) is 11.4 Å². The van der Waals surface area contributed by atoms with E-state index in [4.69, 9.17) is 9.47 Å². The second-order valence-corrected chi connectivity index (χ2v) is 10.5. The van der Waals surface area contributed by atoms with E-state index in [9.17, 15) is 9.59 Å². The van der Waals surface area contributed by atoms with Crippen LogP contribution in [0, 0.1) is 5.92 Å². The third-order valence-corrected chi connectivity index (χ3v) is 6.00. The number of amides is 1. The number of carbonyl (C=O) groups excluding carboxylic acids is 2. The van der Waals surface area contributed by atoms with Crippen molar-refractivity contribution in [2.75, 3.05) is 5.32 Å². The zero-order valence-corrected chi connectivity index (χ0v) is 21.2. The van der Waals surface area contributed by atoms with Crippen LogP contribution in [0.3, 0.4) is 0 Å². The van der Waals surface area contributed by atoms with Gasteiger partial charge in [0.2, 0.25) is 0 Å². The minimum Gasteiger partial charge on any atom is -0.456 e. The predicted octanol–water partition coefficient (Wildman–Crippen LogP) is 8.20. The van der Waals surface area contributed by atoms with Crippen LogP contribution in [-0.4, -0.2) is 23.8 Å². The van der Waals surface area contributed by atoms with Crippen molar-refractivity contribution in [3.8, 4) is 0 Å². The zero-order valence-electron chi connectivity index (χ0n) is 20.4. The number of rotatable bonds is 14. The summed E-state index contributed by atoms with van der Waals surface area (Å²) in [7, 11) is 0. The van der Waals surface area contributed by atoms with Gasteiger partial charge in [0.1, 0.15) is 16.7 Å². The minimum absolute atomic E-state index is 0.158. The average molecular weight is 454 g/mol. The van der Waals surface area contributed by atoms with Crippen LogP contribution in [0.1, 0.15) is 116 Å². The topological polar surface area (TPSA) is 64.6 Å².